The lowest BCUT2D eigenvalue weighted by Crippen LogP contribution is -2.29. The molecule has 0 unspecified atom stereocenters. The van der Waals surface area contributed by atoms with Crippen LogP contribution in [0.15, 0.2) is 60.8 Å². The van der Waals surface area contributed by atoms with E-state index in [4.69, 9.17) is 5.73 Å². The van der Waals surface area contributed by atoms with Crippen LogP contribution in [-0.2, 0) is 16.4 Å². The normalized spacial score (nSPS) is 14.5. The molecule has 0 radical (unpaired) electrons. The summed E-state index contributed by atoms with van der Waals surface area (Å²) in [6.45, 7) is 0. The number of amides is 3. The maximum absolute atomic E-state index is 12.9. The first kappa shape index (κ1) is 22.4. The van der Waals surface area contributed by atoms with Crippen LogP contribution in [0.1, 0.15) is 24.1 Å². The van der Waals surface area contributed by atoms with Crippen molar-refractivity contribution >= 4 is 34.3 Å². The van der Waals surface area contributed by atoms with Gasteiger partial charge in [0.15, 0.2) is 5.65 Å². The van der Waals surface area contributed by atoms with Gasteiger partial charge in [-0.2, -0.15) is 18.3 Å². The molecule has 0 saturated heterocycles. The number of rotatable bonds is 5. The molecule has 1 saturated carbocycles. The summed E-state index contributed by atoms with van der Waals surface area (Å²) in [5.41, 5.74) is 7.16. The Balaban J connectivity index is 1.36. The van der Waals surface area contributed by atoms with E-state index in [1.807, 2.05) is 6.07 Å². The zero-order valence-electron chi connectivity index (χ0n) is 18.1. The number of benzene rings is 2. The van der Waals surface area contributed by atoms with Crippen LogP contribution in [0.5, 0.6) is 0 Å². The Morgan fingerprint density at radius 1 is 1.00 bits per heavy atom. The minimum Gasteiger partial charge on any atom is -0.369 e. The first-order valence-electron chi connectivity index (χ1n) is 10.7. The molecule has 0 atom stereocenters. The SMILES string of the molecule is NC(=O)C1(c2cc(-c3ccc(NC(=O)Nc4cccc(C(F)(F)F)c4)cc3)c3cn[nH]c3n2)CC1. The number of pyridine rings is 1. The van der Waals surface area contributed by atoms with E-state index in [9.17, 15) is 22.8 Å². The van der Waals surface area contributed by atoms with Gasteiger partial charge < -0.3 is 16.4 Å². The van der Waals surface area contributed by atoms with Crippen LogP contribution in [0.3, 0.4) is 0 Å². The van der Waals surface area contributed by atoms with Gasteiger partial charge in [0, 0.05) is 16.8 Å². The summed E-state index contributed by atoms with van der Waals surface area (Å²) < 4.78 is 38.6. The van der Waals surface area contributed by atoms with Crippen LogP contribution < -0.4 is 16.4 Å². The molecule has 2 heterocycles. The molecule has 0 spiro atoms. The van der Waals surface area contributed by atoms with E-state index < -0.39 is 29.1 Å². The van der Waals surface area contributed by atoms with Gasteiger partial charge in [-0.3, -0.25) is 9.89 Å². The summed E-state index contributed by atoms with van der Waals surface area (Å²) in [5.74, 6) is -0.416. The number of urea groups is 1. The molecule has 8 nitrogen and oxygen atoms in total. The Morgan fingerprint density at radius 2 is 1.71 bits per heavy atom. The van der Waals surface area contributed by atoms with Crippen LogP contribution in [0.25, 0.3) is 22.2 Å². The largest absolute Gasteiger partial charge is 0.416 e. The van der Waals surface area contributed by atoms with Crippen molar-refractivity contribution in [1.82, 2.24) is 15.2 Å². The molecule has 35 heavy (non-hydrogen) atoms. The van der Waals surface area contributed by atoms with E-state index in [1.54, 1.807) is 30.5 Å². The van der Waals surface area contributed by atoms with Gasteiger partial charge >= 0.3 is 12.2 Å². The second-order valence-electron chi connectivity index (χ2n) is 8.37. The van der Waals surface area contributed by atoms with Crippen molar-refractivity contribution in [2.45, 2.75) is 24.4 Å². The number of hydrogen-bond donors (Lipinski definition) is 4. The lowest BCUT2D eigenvalue weighted by Gasteiger charge is -2.13. The van der Waals surface area contributed by atoms with E-state index in [-0.39, 0.29) is 5.69 Å². The average Bonchev–Trinajstić information content (AvgIpc) is 3.50. The third-order valence-electron chi connectivity index (χ3n) is 6.04. The van der Waals surface area contributed by atoms with Crippen molar-refractivity contribution < 1.29 is 22.8 Å². The monoisotopic (exact) mass is 480 g/mol. The van der Waals surface area contributed by atoms with Gasteiger partial charge in [-0.15, -0.1) is 0 Å². The Labute approximate surface area is 196 Å². The summed E-state index contributed by atoms with van der Waals surface area (Å²) in [7, 11) is 0. The third-order valence-corrected chi connectivity index (χ3v) is 6.04. The Kier molecular flexibility index (Phi) is 5.19. The summed E-state index contributed by atoms with van der Waals surface area (Å²) >= 11 is 0. The van der Waals surface area contributed by atoms with Crippen LogP contribution in [0.4, 0.5) is 29.3 Å². The van der Waals surface area contributed by atoms with Crippen molar-refractivity contribution in [2.24, 2.45) is 5.73 Å². The molecule has 0 aliphatic heterocycles. The molecule has 2 aromatic carbocycles. The fourth-order valence-electron chi connectivity index (χ4n) is 3.97. The molecule has 4 aromatic rings. The molecule has 1 fully saturated rings. The van der Waals surface area contributed by atoms with E-state index in [0.29, 0.717) is 29.9 Å². The first-order chi connectivity index (χ1) is 16.7. The quantitative estimate of drug-likeness (QED) is 0.327. The van der Waals surface area contributed by atoms with Crippen molar-refractivity contribution in [3.63, 3.8) is 0 Å². The van der Waals surface area contributed by atoms with Gasteiger partial charge in [0.1, 0.15) is 0 Å². The number of aromatic amines is 1. The molecule has 0 bridgehead atoms. The number of alkyl halides is 3. The number of primary amides is 1. The van der Waals surface area contributed by atoms with Gasteiger partial charge in [-0.25, -0.2) is 9.78 Å². The fourth-order valence-corrected chi connectivity index (χ4v) is 3.97. The van der Waals surface area contributed by atoms with Crippen molar-refractivity contribution in [1.29, 1.82) is 0 Å². The van der Waals surface area contributed by atoms with Gasteiger partial charge in [0.25, 0.3) is 0 Å². The summed E-state index contributed by atoms with van der Waals surface area (Å²) in [4.78, 5) is 28.8. The predicted molar refractivity (Wildman–Crippen MR) is 124 cm³/mol. The zero-order valence-corrected chi connectivity index (χ0v) is 18.1. The average molecular weight is 480 g/mol. The maximum Gasteiger partial charge on any atom is 0.416 e. The Hall–Kier alpha value is -4.41. The summed E-state index contributed by atoms with van der Waals surface area (Å²) in [6, 6.07) is 12.4. The number of fused-ring (bicyclic) bond motifs is 1. The number of anilines is 2. The van der Waals surface area contributed by atoms with E-state index in [1.165, 1.54) is 12.1 Å². The number of hydrogen-bond acceptors (Lipinski definition) is 4. The molecule has 1 aliphatic carbocycles. The number of nitrogens with one attached hydrogen (secondary N) is 3. The van der Waals surface area contributed by atoms with Gasteiger partial charge in [0.2, 0.25) is 5.91 Å². The minimum atomic E-state index is -4.51. The highest BCUT2D eigenvalue weighted by molar-refractivity contribution is 6.00. The summed E-state index contributed by atoms with van der Waals surface area (Å²) in [5, 5.41) is 12.6. The molecule has 5 N–H and O–H groups in total. The second kappa shape index (κ2) is 8.12. The molecule has 178 valence electrons. The number of carbonyl (C=O) groups excluding carboxylic acids is 2. The lowest BCUT2D eigenvalue weighted by molar-refractivity contribution is -0.137. The standard InChI is InChI=1S/C24H19F3N6O2/c25-24(26,27)14-2-1-3-16(10-14)31-22(35)30-15-6-4-13(5-7-15)17-11-19(23(8-9-23)21(28)34)32-20-18(17)12-29-33-20/h1-7,10-12H,8-9H2,(H2,28,34)(H,29,32,33)(H2,30,31,35). The van der Waals surface area contributed by atoms with Crippen LogP contribution in [0.2, 0.25) is 0 Å². The van der Waals surface area contributed by atoms with E-state index in [2.05, 4.69) is 25.8 Å². The highest BCUT2D eigenvalue weighted by Gasteiger charge is 2.51. The zero-order chi connectivity index (χ0) is 24.8. The molecule has 2 aromatic heterocycles. The molecular weight excluding hydrogens is 461 g/mol. The number of aromatic nitrogens is 3. The lowest BCUT2D eigenvalue weighted by atomic mass is 9.95. The number of carbonyl (C=O) groups is 2. The fraction of sp³-hybridized carbons (Fsp3) is 0.167. The van der Waals surface area contributed by atoms with Crippen LogP contribution in [0, 0.1) is 0 Å². The third kappa shape index (κ3) is 4.27. The number of nitrogens with two attached hydrogens (primary N) is 1. The van der Waals surface area contributed by atoms with Crippen LogP contribution >= 0.6 is 0 Å². The molecule has 5 rings (SSSR count). The highest BCUT2D eigenvalue weighted by Crippen LogP contribution is 2.48. The topological polar surface area (TPSA) is 126 Å². The van der Waals surface area contributed by atoms with E-state index >= 15 is 0 Å². The maximum atomic E-state index is 12.9. The molecular formula is C24H19F3N6O2. The van der Waals surface area contributed by atoms with Crippen molar-refractivity contribution in [3.8, 4) is 11.1 Å². The molecule has 3 amide bonds. The minimum absolute atomic E-state index is 0.0177. The van der Waals surface area contributed by atoms with Gasteiger partial charge in [-0.1, -0.05) is 18.2 Å². The van der Waals surface area contributed by atoms with Gasteiger partial charge in [-0.05, 0) is 60.4 Å². The van der Waals surface area contributed by atoms with Crippen molar-refractivity contribution in [2.75, 3.05) is 10.6 Å². The van der Waals surface area contributed by atoms with Gasteiger partial charge in [0.05, 0.1) is 22.9 Å². The summed E-state index contributed by atoms with van der Waals surface area (Å²) in [6.07, 6.45) is -1.59. The highest BCUT2D eigenvalue weighted by atomic mass is 19.4. The second-order valence-corrected chi connectivity index (χ2v) is 8.37. The first-order valence-corrected chi connectivity index (χ1v) is 10.7. The van der Waals surface area contributed by atoms with Crippen LogP contribution in [-0.4, -0.2) is 27.1 Å². The molecule has 1 aliphatic rings. The predicted octanol–water partition coefficient (Wildman–Crippen LogP) is 4.80. The number of halogens is 3. The Bertz CT molecular complexity index is 1440. The molecule has 11 heteroatoms. The smallest absolute Gasteiger partial charge is 0.369 e. The number of H-pyrrole nitrogens is 1. The Morgan fingerprint density at radius 3 is 2.37 bits per heavy atom. The van der Waals surface area contributed by atoms with Crippen molar-refractivity contribution in [3.05, 3.63) is 72.1 Å². The number of nitrogens with zero attached hydrogens (tertiary/aromatic N) is 2. The van der Waals surface area contributed by atoms with E-state index in [0.717, 1.165) is 28.6 Å².